The maximum Gasteiger partial charge on any atom is 0.238 e. The molecule has 0 radical (unpaired) electrons. The summed E-state index contributed by atoms with van der Waals surface area (Å²) in [6.45, 7) is 0.524. The van der Waals surface area contributed by atoms with E-state index in [9.17, 15) is 13.2 Å². The first-order chi connectivity index (χ1) is 9.47. The molecule has 1 atom stereocenters. The van der Waals surface area contributed by atoms with Crippen molar-refractivity contribution in [3.8, 4) is 0 Å². The van der Waals surface area contributed by atoms with Gasteiger partial charge in [0.05, 0.1) is 10.9 Å². The van der Waals surface area contributed by atoms with Crippen LogP contribution in [0.5, 0.6) is 0 Å². The van der Waals surface area contributed by atoms with Crippen LogP contribution in [0.2, 0.25) is 0 Å². The third-order valence-electron chi connectivity index (χ3n) is 3.00. The van der Waals surface area contributed by atoms with Crippen molar-refractivity contribution in [2.45, 2.75) is 17.4 Å². The molecule has 6 nitrogen and oxygen atoms in total. The van der Waals surface area contributed by atoms with E-state index in [0.29, 0.717) is 13.0 Å². The number of hydrogen-bond acceptors (Lipinski definition) is 5. The Balaban J connectivity index is 0.00000220. The number of nitrogens with one attached hydrogen (secondary N) is 2. The molecule has 1 aromatic carbocycles. The highest BCUT2D eigenvalue weighted by Crippen LogP contribution is 2.10. The van der Waals surface area contributed by atoms with Gasteiger partial charge in [0.15, 0.2) is 0 Å². The minimum Gasteiger partial charge on any atom is -0.354 e. The number of amides is 1. The summed E-state index contributed by atoms with van der Waals surface area (Å²) in [6, 6.07) is 6.25. The van der Waals surface area contributed by atoms with E-state index in [1.54, 1.807) is 23.9 Å². The highest BCUT2D eigenvalue weighted by molar-refractivity contribution is 7.99. The van der Waals surface area contributed by atoms with Crippen molar-refractivity contribution in [1.29, 1.82) is 0 Å². The molecule has 4 N–H and O–H groups in total. The summed E-state index contributed by atoms with van der Waals surface area (Å²) in [5.41, 5.74) is 0.950. The Kier molecular flexibility index (Phi) is 6.95. The molecule has 0 bridgehead atoms. The number of primary sulfonamides is 1. The van der Waals surface area contributed by atoms with Gasteiger partial charge in [-0.2, -0.15) is 0 Å². The maximum absolute atomic E-state index is 11.7. The van der Waals surface area contributed by atoms with Crippen molar-refractivity contribution < 1.29 is 13.2 Å². The zero-order chi connectivity index (χ0) is 14.6. The summed E-state index contributed by atoms with van der Waals surface area (Å²) in [5.74, 6) is 1.62. The van der Waals surface area contributed by atoms with Gasteiger partial charge >= 0.3 is 0 Å². The summed E-state index contributed by atoms with van der Waals surface area (Å²) >= 11 is 1.70. The predicted molar refractivity (Wildman–Crippen MR) is 86.0 cm³/mol. The van der Waals surface area contributed by atoms with Gasteiger partial charge in [-0.15, -0.1) is 24.2 Å². The van der Waals surface area contributed by atoms with E-state index in [0.717, 1.165) is 17.2 Å². The van der Waals surface area contributed by atoms with Gasteiger partial charge in [-0.05, 0) is 24.1 Å². The van der Waals surface area contributed by atoms with E-state index in [1.165, 1.54) is 12.1 Å². The summed E-state index contributed by atoms with van der Waals surface area (Å²) in [4.78, 5) is 11.8. The van der Waals surface area contributed by atoms with Gasteiger partial charge in [0, 0.05) is 18.2 Å². The lowest BCUT2D eigenvalue weighted by atomic mass is 10.1. The van der Waals surface area contributed by atoms with Crippen molar-refractivity contribution in [1.82, 2.24) is 10.6 Å². The topological polar surface area (TPSA) is 101 Å². The van der Waals surface area contributed by atoms with E-state index < -0.39 is 10.0 Å². The minimum atomic E-state index is -3.64. The van der Waals surface area contributed by atoms with Crippen LogP contribution in [-0.2, 0) is 21.2 Å². The molecule has 1 aliphatic rings. The number of rotatable bonds is 5. The molecule has 1 saturated heterocycles. The van der Waals surface area contributed by atoms with Crippen molar-refractivity contribution in [2.75, 3.05) is 18.2 Å². The van der Waals surface area contributed by atoms with Crippen molar-refractivity contribution in [3.63, 3.8) is 0 Å². The highest BCUT2D eigenvalue weighted by Gasteiger charge is 2.21. The normalized spacial score (nSPS) is 18.0. The second-order valence-electron chi connectivity index (χ2n) is 4.50. The monoisotopic (exact) mass is 351 g/mol. The van der Waals surface area contributed by atoms with Gasteiger partial charge in [-0.25, -0.2) is 13.6 Å². The number of hydrogen-bond donors (Lipinski definition) is 3. The van der Waals surface area contributed by atoms with Crippen LogP contribution in [0, 0.1) is 0 Å². The quantitative estimate of drug-likeness (QED) is 0.697. The number of thioether (sulfide) groups is 1. The predicted octanol–water partition coefficient (Wildman–Crippen LogP) is 0.0770. The molecular formula is C12H18ClN3O3S2. The van der Waals surface area contributed by atoms with E-state index >= 15 is 0 Å². The van der Waals surface area contributed by atoms with E-state index in [-0.39, 0.29) is 29.3 Å². The van der Waals surface area contributed by atoms with Gasteiger partial charge in [0.25, 0.3) is 0 Å². The Bertz CT molecular complexity index is 572. The molecule has 2 rings (SSSR count). The molecule has 1 amide bonds. The minimum absolute atomic E-state index is 0. The third kappa shape index (κ3) is 5.48. The second-order valence-corrected chi connectivity index (χ2v) is 7.09. The van der Waals surface area contributed by atoms with Gasteiger partial charge in [0.2, 0.25) is 15.9 Å². The molecule has 1 aliphatic heterocycles. The van der Waals surface area contributed by atoms with Gasteiger partial charge in [-0.3, -0.25) is 10.1 Å². The molecule has 1 unspecified atom stereocenters. The molecule has 0 aliphatic carbocycles. The Labute approximate surface area is 134 Å². The Morgan fingerprint density at radius 3 is 2.57 bits per heavy atom. The average Bonchev–Trinajstić information content (AvgIpc) is 2.92. The fourth-order valence-electron chi connectivity index (χ4n) is 1.86. The summed E-state index contributed by atoms with van der Waals surface area (Å²) in [7, 11) is -3.64. The number of carbonyl (C=O) groups is 1. The van der Waals surface area contributed by atoms with Crippen molar-refractivity contribution in [3.05, 3.63) is 29.8 Å². The summed E-state index contributed by atoms with van der Waals surface area (Å²) in [5, 5.41) is 11.0. The average molecular weight is 352 g/mol. The van der Waals surface area contributed by atoms with Crippen LogP contribution in [0.4, 0.5) is 0 Å². The van der Waals surface area contributed by atoms with Gasteiger partial charge < -0.3 is 5.32 Å². The molecule has 9 heteroatoms. The zero-order valence-electron chi connectivity index (χ0n) is 11.2. The first kappa shape index (κ1) is 18.2. The first-order valence-corrected chi connectivity index (χ1v) is 8.87. The number of halogens is 1. The lowest BCUT2D eigenvalue weighted by Gasteiger charge is -2.10. The molecule has 1 fully saturated rings. The number of benzene rings is 1. The van der Waals surface area contributed by atoms with Crippen LogP contribution in [0.3, 0.4) is 0 Å². The third-order valence-corrected chi connectivity index (χ3v) is 4.87. The Hall–Kier alpha value is -0.800. The second kappa shape index (κ2) is 8.00. The molecule has 118 valence electrons. The smallest absolute Gasteiger partial charge is 0.238 e. The van der Waals surface area contributed by atoms with E-state index in [1.807, 2.05) is 0 Å². The van der Waals surface area contributed by atoms with Crippen LogP contribution in [0.25, 0.3) is 0 Å². The number of sulfonamides is 1. The highest BCUT2D eigenvalue weighted by atomic mass is 35.5. The SMILES string of the molecule is Cl.NS(=O)(=O)c1ccc(CCNC(=O)C2CSCN2)cc1. The lowest BCUT2D eigenvalue weighted by Crippen LogP contribution is -2.42. The van der Waals surface area contributed by atoms with E-state index in [4.69, 9.17) is 5.14 Å². The summed E-state index contributed by atoms with van der Waals surface area (Å²) < 4.78 is 22.2. The molecule has 1 aromatic rings. The molecule has 0 saturated carbocycles. The molecule has 21 heavy (non-hydrogen) atoms. The van der Waals surface area contributed by atoms with Crippen LogP contribution < -0.4 is 15.8 Å². The largest absolute Gasteiger partial charge is 0.354 e. The summed E-state index contributed by atoms with van der Waals surface area (Å²) in [6.07, 6.45) is 0.649. The molecule has 0 spiro atoms. The van der Waals surface area contributed by atoms with Gasteiger partial charge in [0.1, 0.15) is 0 Å². The fourth-order valence-corrected chi connectivity index (χ4v) is 3.32. The van der Waals surface area contributed by atoms with Crippen LogP contribution in [0.1, 0.15) is 5.56 Å². The van der Waals surface area contributed by atoms with Crippen LogP contribution in [0.15, 0.2) is 29.2 Å². The van der Waals surface area contributed by atoms with Crippen LogP contribution >= 0.6 is 24.2 Å². The number of carbonyl (C=O) groups excluding carboxylic acids is 1. The molecule has 0 aromatic heterocycles. The lowest BCUT2D eigenvalue weighted by molar-refractivity contribution is -0.122. The Morgan fingerprint density at radius 2 is 2.05 bits per heavy atom. The van der Waals surface area contributed by atoms with E-state index in [2.05, 4.69) is 10.6 Å². The maximum atomic E-state index is 11.7. The zero-order valence-corrected chi connectivity index (χ0v) is 13.7. The standard InChI is InChI=1S/C12H17N3O3S2.ClH/c13-20(17,18)10-3-1-9(2-4-10)5-6-14-12(16)11-7-19-8-15-11;/h1-4,11,15H,5-8H2,(H,14,16)(H2,13,17,18);1H. The molecule has 1 heterocycles. The van der Waals surface area contributed by atoms with Gasteiger partial charge in [-0.1, -0.05) is 12.1 Å². The van der Waals surface area contributed by atoms with Crippen molar-refractivity contribution in [2.24, 2.45) is 5.14 Å². The Morgan fingerprint density at radius 1 is 1.38 bits per heavy atom. The first-order valence-electron chi connectivity index (χ1n) is 6.17. The molecular weight excluding hydrogens is 334 g/mol. The number of nitrogens with two attached hydrogens (primary N) is 1. The van der Waals surface area contributed by atoms with Crippen LogP contribution in [-0.4, -0.2) is 38.5 Å². The van der Waals surface area contributed by atoms with Crippen molar-refractivity contribution >= 4 is 40.1 Å². The fraction of sp³-hybridized carbons (Fsp3) is 0.417.